The van der Waals surface area contributed by atoms with E-state index in [-0.39, 0.29) is 5.54 Å². The Morgan fingerprint density at radius 2 is 2.18 bits per heavy atom. The molecule has 0 spiro atoms. The number of nitrogens with zero attached hydrogens (tertiary/aromatic N) is 2. The molecule has 1 heterocycles. The third-order valence-corrected chi connectivity index (χ3v) is 3.78. The molecule has 1 aromatic rings. The van der Waals surface area contributed by atoms with Crippen molar-refractivity contribution in [1.29, 1.82) is 0 Å². The Hall–Kier alpha value is -1.03. The molecule has 4 heteroatoms. The van der Waals surface area contributed by atoms with Crippen molar-refractivity contribution in [2.45, 2.75) is 32.4 Å². The number of hydrogen-bond donors (Lipinski definition) is 1. The maximum absolute atomic E-state index is 6.00. The monoisotopic (exact) mass is 295 g/mol. The highest BCUT2D eigenvalue weighted by atomic mass is 79.9. The average Bonchev–Trinajstić information content (AvgIpc) is 2.56. The van der Waals surface area contributed by atoms with Crippen LogP contribution in [0.2, 0.25) is 0 Å². The van der Waals surface area contributed by atoms with Gasteiger partial charge in [0.2, 0.25) is 0 Å². The molecule has 1 atom stereocenters. The fraction of sp³-hybridized carbons (Fsp3) is 0.462. The predicted molar refractivity (Wildman–Crippen MR) is 75.0 cm³/mol. The van der Waals surface area contributed by atoms with Crippen molar-refractivity contribution >= 4 is 21.9 Å². The second kappa shape index (κ2) is 4.33. The van der Waals surface area contributed by atoms with Crippen LogP contribution in [0.15, 0.2) is 33.7 Å². The number of hydrogen-bond acceptors (Lipinski definition) is 3. The Kier molecular flexibility index (Phi) is 3.17. The van der Waals surface area contributed by atoms with Gasteiger partial charge in [0, 0.05) is 10.5 Å². The summed E-state index contributed by atoms with van der Waals surface area (Å²) in [6.07, 6.45) is 0. The lowest BCUT2D eigenvalue weighted by Crippen LogP contribution is -2.51. The third-order valence-electron chi connectivity index (χ3n) is 3.29. The van der Waals surface area contributed by atoms with Crippen LogP contribution >= 0.6 is 15.9 Å². The van der Waals surface area contributed by atoms with Crippen LogP contribution in [0.25, 0.3) is 0 Å². The van der Waals surface area contributed by atoms with Gasteiger partial charge < -0.3 is 10.6 Å². The van der Waals surface area contributed by atoms with Crippen molar-refractivity contribution in [3.05, 3.63) is 34.3 Å². The summed E-state index contributed by atoms with van der Waals surface area (Å²) in [4.78, 5) is 6.59. The van der Waals surface area contributed by atoms with Gasteiger partial charge in [-0.05, 0) is 38.5 Å². The van der Waals surface area contributed by atoms with E-state index in [9.17, 15) is 0 Å². The first-order valence-corrected chi connectivity index (χ1v) is 6.60. The van der Waals surface area contributed by atoms with Crippen LogP contribution in [-0.4, -0.2) is 23.4 Å². The van der Waals surface area contributed by atoms with Crippen LogP contribution in [0, 0.1) is 0 Å². The number of rotatable bonds is 2. The van der Waals surface area contributed by atoms with Gasteiger partial charge in [-0.25, -0.2) is 0 Å². The van der Waals surface area contributed by atoms with E-state index in [0.29, 0.717) is 18.5 Å². The first-order valence-electron chi connectivity index (χ1n) is 5.80. The van der Waals surface area contributed by atoms with Crippen LogP contribution in [-0.2, 0) is 5.54 Å². The molecule has 0 bridgehead atoms. The molecule has 1 aromatic carbocycles. The van der Waals surface area contributed by atoms with Gasteiger partial charge in [0.25, 0.3) is 0 Å². The SMILES string of the molecule is CC(C)N1C(N)=NCC1(C)c1cccc(Br)c1. The average molecular weight is 296 g/mol. The van der Waals surface area contributed by atoms with E-state index in [1.54, 1.807) is 0 Å². The largest absolute Gasteiger partial charge is 0.370 e. The molecule has 0 aromatic heterocycles. The Morgan fingerprint density at radius 1 is 1.47 bits per heavy atom. The maximum Gasteiger partial charge on any atom is 0.192 e. The standard InChI is InChI=1S/C13H18BrN3/c1-9(2)17-12(15)16-8-13(17,3)10-5-4-6-11(14)7-10/h4-7,9H,8H2,1-3H3,(H2,15,16). The molecule has 0 saturated carbocycles. The molecule has 0 saturated heterocycles. The van der Waals surface area contributed by atoms with E-state index < -0.39 is 0 Å². The summed E-state index contributed by atoms with van der Waals surface area (Å²) in [5, 5.41) is 0. The van der Waals surface area contributed by atoms with E-state index in [1.807, 2.05) is 6.07 Å². The number of aliphatic imine (C=N–C) groups is 1. The number of guanidine groups is 1. The first kappa shape index (κ1) is 12.4. The minimum atomic E-state index is -0.137. The minimum absolute atomic E-state index is 0.137. The second-order valence-corrected chi connectivity index (χ2v) is 5.84. The van der Waals surface area contributed by atoms with Crippen LogP contribution in [0.4, 0.5) is 0 Å². The molecule has 0 aliphatic carbocycles. The van der Waals surface area contributed by atoms with Gasteiger partial charge in [0.05, 0.1) is 12.1 Å². The van der Waals surface area contributed by atoms with Gasteiger partial charge in [0.1, 0.15) is 0 Å². The van der Waals surface area contributed by atoms with Crippen molar-refractivity contribution in [2.24, 2.45) is 10.7 Å². The minimum Gasteiger partial charge on any atom is -0.370 e. The molecule has 1 aliphatic heterocycles. The zero-order valence-electron chi connectivity index (χ0n) is 10.4. The molecular formula is C13H18BrN3. The number of halogens is 1. The van der Waals surface area contributed by atoms with Crippen molar-refractivity contribution in [3.8, 4) is 0 Å². The van der Waals surface area contributed by atoms with Crippen LogP contribution in [0.1, 0.15) is 26.3 Å². The Bertz CT molecular complexity index is 456. The van der Waals surface area contributed by atoms with E-state index in [4.69, 9.17) is 5.73 Å². The summed E-state index contributed by atoms with van der Waals surface area (Å²) in [7, 11) is 0. The van der Waals surface area contributed by atoms with Gasteiger partial charge in [-0.15, -0.1) is 0 Å². The fourth-order valence-corrected chi connectivity index (χ4v) is 2.93. The van der Waals surface area contributed by atoms with E-state index in [0.717, 1.165) is 4.47 Å². The van der Waals surface area contributed by atoms with Gasteiger partial charge >= 0.3 is 0 Å². The van der Waals surface area contributed by atoms with Crippen LogP contribution in [0.5, 0.6) is 0 Å². The number of nitrogens with two attached hydrogens (primary N) is 1. The lowest BCUT2D eigenvalue weighted by molar-refractivity contribution is 0.185. The molecule has 3 nitrogen and oxygen atoms in total. The highest BCUT2D eigenvalue weighted by Crippen LogP contribution is 2.35. The molecule has 0 radical (unpaired) electrons. The van der Waals surface area contributed by atoms with Crippen molar-refractivity contribution in [2.75, 3.05) is 6.54 Å². The molecule has 0 amide bonds. The summed E-state index contributed by atoms with van der Waals surface area (Å²) in [6.45, 7) is 7.19. The normalized spacial score (nSPS) is 24.3. The topological polar surface area (TPSA) is 41.6 Å². The highest BCUT2D eigenvalue weighted by Gasteiger charge is 2.40. The summed E-state index contributed by atoms with van der Waals surface area (Å²) in [6, 6.07) is 8.70. The molecule has 1 unspecified atom stereocenters. The molecule has 1 aliphatic rings. The van der Waals surface area contributed by atoms with Crippen molar-refractivity contribution in [3.63, 3.8) is 0 Å². The summed E-state index contributed by atoms with van der Waals surface area (Å²) in [5.74, 6) is 0.641. The lowest BCUT2D eigenvalue weighted by atomic mass is 9.90. The van der Waals surface area contributed by atoms with E-state index in [2.05, 4.69) is 64.8 Å². The van der Waals surface area contributed by atoms with Gasteiger partial charge in [-0.3, -0.25) is 4.99 Å². The highest BCUT2D eigenvalue weighted by molar-refractivity contribution is 9.10. The van der Waals surface area contributed by atoms with Crippen molar-refractivity contribution in [1.82, 2.24) is 4.90 Å². The Labute approximate surface area is 111 Å². The van der Waals surface area contributed by atoms with Crippen LogP contribution < -0.4 is 5.73 Å². The molecule has 17 heavy (non-hydrogen) atoms. The molecule has 92 valence electrons. The fourth-order valence-electron chi connectivity index (χ4n) is 2.53. The number of benzene rings is 1. The van der Waals surface area contributed by atoms with Crippen molar-refractivity contribution < 1.29 is 0 Å². The van der Waals surface area contributed by atoms with Gasteiger partial charge in [-0.1, -0.05) is 28.1 Å². The molecule has 0 fully saturated rings. The Morgan fingerprint density at radius 3 is 2.76 bits per heavy atom. The lowest BCUT2D eigenvalue weighted by Gasteiger charge is -2.39. The first-order chi connectivity index (χ1) is 7.95. The zero-order valence-corrected chi connectivity index (χ0v) is 12.0. The summed E-state index contributed by atoms with van der Waals surface area (Å²) in [5.41, 5.74) is 7.10. The smallest absolute Gasteiger partial charge is 0.192 e. The Balaban J connectivity index is 2.43. The molecule has 2 N–H and O–H groups in total. The van der Waals surface area contributed by atoms with Crippen LogP contribution in [0.3, 0.4) is 0 Å². The van der Waals surface area contributed by atoms with Gasteiger partial charge in [-0.2, -0.15) is 0 Å². The molecular weight excluding hydrogens is 278 g/mol. The molecule has 2 rings (SSSR count). The second-order valence-electron chi connectivity index (χ2n) is 4.92. The van der Waals surface area contributed by atoms with E-state index in [1.165, 1.54) is 5.56 Å². The summed E-state index contributed by atoms with van der Waals surface area (Å²) < 4.78 is 1.09. The van der Waals surface area contributed by atoms with Gasteiger partial charge in [0.15, 0.2) is 5.96 Å². The quantitative estimate of drug-likeness (QED) is 0.911. The van der Waals surface area contributed by atoms with E-state index >= 15 is 0 Å². The summed E-state index contributed by atoms with van der Waals surface area (Å²) >= 11 is 3.52. The predicted octanol–water partition coefficient (Wildman–Crippen LogP) is 2.70. The maximum atomic E-state index is 6.00. The zero-order chi connectivity index (χ0) is 12.6. The third kappa shape index (κ3) is 2.06.